The number of carbonyl (C=O) groups is 1. The number of rotatable bonds is 9. The lowest BCUT2D eigenvalue weighted by Gasteiger charge is -2.11. The van der Waals surface area contributed by atoms with Gasteiger partial charge in [0.15, 0.2) is 0 Å². The van der Waals surface area contributed by atoms with Crippen molar-refractivity contribution in [1.82, 2.24) is 0 Å². The van der Waals surface area contributed by atoms with E-state index in [9.17, 15) is 17.6 Å². The first-order valence-electron chi connectivity index (χ1n) is 9.39. The molecular weight excluding hydrogens is 443 g/mol. The largest absolute Gasteiger partial charge is 0.494 e. The Morgan fingerprint density at radius 2 is 1.74 bits per heavy atom. The maximum Gasteiger partial charge on any atom is 0.262 e. The molecule has 0 aliphatic heterocycles. The summed E-state index contributed by atoms with van der Waals surface area (Å²) in [4.78, 5) is 12.2. The molecule has 9 heteroatoms. The molecule has 31 heavy (non-hydrogen) atoms. The number of para-hydroxylation sites is 1. The summed E-state index contributed by atoms with van der Waals surface area (Å²) in [6.45, 7) is 0.287. The Kier molecular flexibility index (Phi) is 7.49. The fourth-order valence-corrected chi connectivity index (χ4v) is 4.03. The van der Waals surface area contributed by atoms with E-state index in [-0.39, 0.29) is 40.4 Å². The van der Waals surface area contributed by atoms with Gasteiger partial charge < -0.3 is 10.1 Å². The van der Waals surface area contributed by atoms with Gasteiger partial charge in [-0.15, -0.1) is 0 Å². The van der Waals surface area contributed by atoms with Gasteiger partial charge in [0.2, 0.25) is 5.91 Å². The zero-order valence-corrected chi connectivity index (χ0v) is 17.9. The van der Waals surface area contributed by atoms with Crippen LogP contribution < -0.4 is 14.8 Å². The SMILES string of the molecule is O=C(CCCOc1ccc(F)cc1)Nc1cccc(S(=O)(=O)Nc2ccccc2Cl)c1. The van der Waals surface area contributed by atoms with Crippen molar-refractivity contribution in [3.63, 3.8) is 0 Å². The predicted octanol–water partition coefficient (Wildman–Crippen LogP) is 5.08. The summed E-state index contributed by atoms with van der Waals surface area (Å²) in [5.74, 6) is -0.111. The van der Waals surface area contributed by atoms with Crippen molar-refractivity contribution >= 4 is 38.9 Å². The molecule has 3 aromatic rings. The van der Waals surface area contributed by atoms with Crippen molar-refractivity contribution in [1.29, 1.82) is 0 Å². The number of hydrogen-bond acceptors (Lipinski definition) is 4. The smallest absolute Gasteiger partial charge is 0.262 e. The van der Waals surface area contributed by atoms with Crippen LogP contribution in [0, 0.1) is 5.82 Å². The maximum absolute atomic E-state index is 12.9. The number of amides is 1. The van der Waals surface area contributed by atoms with Crippen molar-refractivity contribution < 1.29 is 22.3 Å². The van der Waals surface area contributed by atoms with E-state index < -0.39 is 10.0 Å². The van der Waals surface area contributed by atoms with Crippen LogP contribution in [0.15, 0.2) is 77.7 Å². The molecule has 0 aromatic heterocycles. The summed E-state index contributed by atoms with van der Waals surface area (Å²) < 4.78 is 46.0. The van der Waals surface area contributed by atoms with Gasteiger partial charge in [-0.25, -0.2) is 12.8 Å². The third kappa shape index (κ3) is 6.70. The first-order valence-corrected chi connectivity index (χ1v) is 11.3. The molecule has 0 aliphatic carbocycles. The zero-order chi connectivity index (χ0) is 22.3. The lowest BCUT2D eigenvalue weighted by atomic mass is 10.2. The van der Waals surface area contributed by atoms with Gasteiger partial charge >= 0.3 is 0 Å². The number of anilines is 2. The number of nitrogens with one attached hydrogen (secondary N) is 2. The molecule has 0 atom stereocenters. The Morgan fingerprint density at radius 3 is 2.48 bits per heavy atom. The second kappa shape index (κ2) is 10.3. The summed E-state index contributed by atoms with van der Waals surface area (Å²) in [5.41, 5.74) is 0.617. The molecular formula is C22H20ClFN2O4S. The van der Waals surface area contributed by atoms with Gasteiger partial charge in [-0.2, -0.15) is 0 Å². The third-order valence-corrected chi connectivity index (χ3v) is 5.87. The summed E-state index contributed by atoms with van der Waals surface area (Å²) in [5, 5.41) is 2.95. The molecule has 1 amide bonds. The lowest BCUT2D eigenvalue weighted by molar-refractivity contribution is -0.116. The van der Waals surface area contributed by atoms with E-state index in [1.165, 1.54) is 42.5 Å². The number of ether oxygens (including phenoxy) is 1. The lowest BCUT2D eigenvalue weighted by Crippen LogP contribution is -2.15. The Morgan fingerprint density at radius 1 is 1.00 bits per heavy atom. The minimum atomic E-state index is -3.88. The number of hydrogen-bond donors (Lipinski definition) is 2. The molecule has 0 heterocycles. The molecule has 0 aliphatic rings. The average molecular weight is 463 g/mol. The van der Waals surface area contributed by atoms with E-state index in [4.69, 9.17) is 16.3 Å². The zero-order valence-electron chi connectivity index (χ0n) is 16.3. The Balaban J connectivity index is 1.54. The van der Waals surface area contributed by atoms with Crippen LogP contribution in [0.25, 0.3) is 0 Å². The van der Waals surface area contributed by atoms with E-state index in [1.807, 2.05) is 0 Å². The van der Waals surface area contributed by atoms with E-state index >= 15 is 0 Å². The van der Waals surface area contributed by atoms with Crippen LogP contribution in [0.4, 0.5) is 15.8 Å². The van der Waals surface area contributed by atoms with Crippen molar-refractivity contribution in [2.45, 2.75) is 17.7 Å². The molecule has 3 rings (SSSR count). The minimum Gasteiger partial charge on any atom is -0.494 e. The van der Waals surface area contributed by atoms with E-state index in [0.29, 0.717) is 17.9 Å². The van der Waals surface area contributed by atoms with Gasteiger partial charge in [-0.05, 0) is 61.0 Å². The quantitative estimate of drug-likeness (QED) is 0.434. The third-order valence-electron chi connectivity index (χ3n) is 4.18. The number of halogens is 2. The van der Waals surface area contributed by atoms with Gasteiger partial charge in [0.25, 0.3) is 10.0 Å². The second-order valence-corrected chi connectivity index (χ2v) is 8.66. The van der Waals surface area contributed by atoms with Gasteiger partial charge in [0.05, 0.1) is 22.2 Å². The number of carbonyl (C=O) groups excluding carboxylic acids is 1. The number of benzene rings is 3. The Labute approximate surface area is 185 Å². The fourth-order valence-electron chi connectivity index (χ4n) is 2.67. The highest BCUT2D eigenvalue weighted by Crippen LogP contribution is 2.25. The molecule has 162 valence electrons. The first kappa shape index (κ1) is 22.6. The van der Waals surface area contributed by atoms with Crippen LogP contribution in [0.1, 0.15) is 12.8 Å². The van der Waals surface area contributed by atoms with E-state index in [0.717, 1.165) is 0 Å². The van der Waals surface area contributed by atoms with E-state index in [1.54, 1.807) is 30.3 Å². The molecule has 0 fully saturated rings. The van der Waals surface area contributed by atoms with Crippen LogP contribution >= 0.6 is 11.6 Å². The maximum atomic E-state index is 12.9. The van der Waals surface area contributed by atoms with Crippen molar-refractivity contribution in [2.75, 3.05) is 16.6 Å². The first-order chi connectivity index (χ1) is 14.8. The van der Waals surface area contributed by atoms with Crippen LogP contribution in [0.2, 0.25) is 5.02 Å². The molecule has 2 N–H and O–H groups in total. The summed E-state index contributed by atoms with van der Waals surface area (Å²) in [6, 6.07) is 18.0. The standard InChI is InChI=1S/C22H20ClFN2O4S/c23-20-7-1-2-8-21(20)26-31(28,29)19-6-3-5-17(15-19)25-22(27)9-4-14-30-18-12-10-16(24)11-13-18/h1-3,5-8,10-13,15,26H,4,9,14H2,(H,25,27). The molecule has 0 radical (unpaired) electrons. The van der Waals surface area contributed by atoms with Gasteiger partial charge in [-0.1, -0.05) is 29.8 Å². The fraction of sp³-hybridized carbons (Fsp3) is 0.136. The summed E-state index contributed by atoms with van der Waals surface area (Å²) in [7, 11) is -3.88. The van der Waals surface area contributed by atoms with Crippen LogP contribution in [-0.2, 0) is 14.8 Å². The average Bonchev–Trinajstić information content (AvgIpc) is 2.74. The van der Waals surface area contributed by atoms with Crippen molar-refractivity contribution in [3.8, 4) is 5.75 Å². The highest BCUT2D eigenvalue weighted by molar-refractivity contribution is 7.92. The van der Waals surface area contributed by atoms with Crippen molar-refractivity contribution in [2.24, 2.45) is 0 Å². The van der Waals surface area contributed by atoms with Crippen molar-refractivity contribution in [3.05, 3.63) is 83.6 Å². The normalized spacial score (nSPS) is 11.0. The van der Waals surface area contributed by atoms with Crippen LogP contribution in [0.3, 0.4) is 0 Å². The van der Waals surface area contributed by atoms with Crippen LogP contribution in [0.5, 0.6) is 5.75 Å². The Bertz CT molecular complexity index is 1150. The topological polar surface area (TPSA) is 84.5 Å². The van der Waals surface area contributed by atoms with E-state index in [2.05, 4.69) is 10.0 Å². The molecule has 0 unspecified atom stereocenters. The molecule has 3 aromatic carbocycles. The monoisotopic (exact) mass is 462 g/mol. The van der Waals surface area contributed by atoms with Gasteiger partial charge in [-0.3, -0.25) is 9.52 Å². The minimum absolute atomic E-state index is 0.00939. The highest BCUT2D eigenvalue weighted by Gasteiger charge is 2.16. The molecule has 0 saturated heterocycles. The predicted molar refractivity (Wildman–Crippen MR) is 118 cm³/mol. The van der Waals surface area contributed by atoms with Gasteiger partial charge in [0.1, 0.15) is 11.6 Å². The Hall–Kier alpha value is -3.10. The second-order valence-electron chi connectivity index (χ2n) is 6.57. The number of sulfonamides is 1. The summed E-state index contributed by atoms with van der Waals surface area (Å²) >= 11 is 6.01. The molecule has 6 nitrogen and oxygen atoms in total. The molecule has 0 saturated carbocycles. The highest BCUT2D eigenvalue weighted by atomic mass is 35.5. The molecule has 0 spiro atoms. The molecule has 0 bridgehead atoms. The van der Waals surface area contributed by atoms with Crippen LogP contribution in [-0.4, -0.2) is 20.9 Å². The summed E-state index contributed by atoms with van der Waals surface area (Å²) in [6.07, 6.45) is 0.616. The van der Waals surface area contributed by atoms with Gasteiger partial charge in [0, 0.05) is 12.1 Å².